The number of nitrogens with zero attached hydrogens (tertiary/aromatic N) is 1. The Labute approximate surface area is 167 Å². The maximum atomic E-state index is 12.6. The minimum atomic E-state index is -4.00. The van der Waals surface area contributed by atoms with E-state index in [0.29, 0.717) is 17.3 Å². The van der Waals surface area contributed by atoms with Crippen LogP contribution in [-0.2, 0) is 10.0 Å². The lowest BCUT2D eigenvalue weighted by Gasteiger charge is -2.12. The number of aromatic carboxylic acids is 1. The lowest BCUT2D eigenvalue weighted by atomic mass is 10.2. The Bertz CT molecular complexity index is 1120. The van der Waals surface area contributed by atoms with Gasteiger partial charge in [0.1, 0.15) is 17.1 Å². The average molecular weight is 417 g/mol. The molecule has 0 saturated carbocycles. The normalized spacial score (nSPS) is 11.1. The highest BCUT2D eigenvalue weighted by Crippen LogP contribution is 2.26. The van der Waals surface area contributed by atoms with Crippen molar-refractivity contribution in [2.24, 2.45) is 0 Å². The first-order valence-electron chi connectivity index (χ1n) is 8.61. The van der Waals surface area contributed by atoms with E-state index in [-0.39, 0.29) is 22.8 Å². The molecule has 0 amide bonds. The Morgan fingerprint density at radius 2 is 1.90 bits per heavy atom. The van der Waals surface area contributed by atoms with Crippen molar-refractivity contribution in [3.63, 3.8) is 0 Å². The molecular formula is C19H19N3O6S. The van der Waals surface area contributed by atoms with Crippen LogP contribution >= 0.6 is 0 Å². The molecule has 0 aliphatic rings. The van der Waals surface area contributed by atoms with Crippen molar-refractivity contribution in [2.45, 2.75) is 18.7 Å². The maximum Gasteiger partial charge on any atom is 0.339 e. The van der Waals surface area contributed by atoms with E-state index in [0.717, 1.165) is 11.8 Å². The highest BCUT2D eigenvalue weighted by Gasteiger charge is 2.20. The molecule has 1 aromatic heterocycles. The van der Waals surface area contributed by atoms with E-state index in [9.17, 15) is 18.3 Å². The molecule has 0 spiro atoms. The maximum absolute atomic E-state index is 12.6. The number of sulfonamides is 1. The number of carboxylic acid groups (broad SMARTS) is 1. The van der Waals surface area contributed by atoms with E-state index in [2.05, 4.69) is 14.9 Å². The predicted octanol–water partition coefficient (Wildman–Crippen LogP) is 3.41. The van der Waals surface area contributed by atoms with E-state index in [1.807, 2.05) is 6.92 Å². The molecule has 2 aromatic carbocycles. The standard InChI is InChI=1S/C19H19N3O6S/c1-3-27-17-9-8-15(11-16(17)19(23)24)29(25,26)22-13-4-6-14(7-5-13)28-18-10-12(2)20-21-18/h4-11,22H,3H2,1-2H3,(H,20,21)(H,23,24). The van der Waals surface area contributed by atoms with Gasteiger partial charge in [-0.2, -0.15) is 0 Å². The SMILES string of the molecule is CCOc1ccc(S(=O)(=O)Nc2ccc(Oc3cc(C)[nH]n3)cc2)cc1C(=O)O. The molecule has 152 valence electrons. The smallest absolute Gasteiger partial charge is 0.339 e. The number of aryl methyl sites for hydroxylation is 1. The number of anilines is 1. The largest absolute Gasteiger partial charge is 0.493 e. The summed E-state index contributed by atoms with van der Waals surface area (Å²) in [6, 6.07) is 11.6. The molecule has 1 heterocycles. The van der Waals surface area contributed by atoms with Crippen LogP contribution in [0.5, 0.6) is 17.4 Å². The number of carbonyl (C=O) groups is 1. The first-order chi connectivity index (χ1) is 13.8. The predicted molar refractivity (Wildman–Crippen MR) is 105 cm³/mol. The van der Waals surface area contributed by atoms with Crippen molar-refractivity contribution in [3.8, 4) is 17.4 Å². The van der Waals surface area contributed by atoms with Crippen LogP contribution in [0.15, 0.2) is 53.4 Å². The zero-order chi connectivity index (χ0) is 21.0. The molecule has 0 unspecified atom stereocenters. The van der Waals surface area contributed by atoms with Crippen molar-refractivity contribution < 1.29 is 27.8 Å². The van der Waals surface area contributed by atoms with Gasteiger partial charge in [-0.15, -0.1) is 5.10 Å². The van der Waals surface area contributed by atoms with Gasteiger partial charge in [0, 0.05) is 17.4 Å². The zero-order valence-electron chi connectivity index (χ0n) is 15.7. The number of rotatable bonds is 8. The summed E-state index contributed by atoms with van der Waals surface area (Å²) < 4.78 is 38.5. The molecular weight excluding hydrogens is 398 g/mol. The van der Waals surface area contributed by atoms with Crippen molar-refractivity contribution in [2.75, 3.05) is 11.3 Å². The number of aromatic nitrogens is 2. The lowest BCUT2D eigenvalue weighted by Crippen LogP contribution is -2.14. The number of H-pyrrole nitrogens is 1. The van der Waals surface area contributed by atoms with Crippen molar-refractivity contribution >= 4 is 21.7 Å². The molecule has 0 bridgehead atoms. The van der Waals surface area contributed by atoms with Crippen molar-refractivity contribution in [1.29, 1.82) is 0 Å². The van der Waals surface area contributed by atoms with Crippen LogP contribution in [0.2, 0.25) is 0 Å². The van der Waals surface area contributed by atoms with Gasteiger partial charge in [0.2, 0.25) is 5.88 Å². The van der Waals surface area contributed by atoms with Gasteiger partial charge in [-0.3, -0.25) is 9.82 Å². The molecule has 0 radical (unpaired) electrons. The summed E-state index contributed by atoms with van der Waals surface area (Å²) in [6.07, 6.45) is 0. The van der Waals surface area contributed by atoms with E-state index < -0.39 is 16.0 Å². The molecule has 3 rings (SSSR count). The van der Waals surface area contributed by atoms with Crippen LogP contribution < -0.4 is 14.2 Å². The van der Waals surface area contributed by atoms with Gasteiger partial charge >= 0.3 is 5.97 Å². The number of aromatic amines is 1. The van der Waals surface area contributed by atoms with Crippen LogP contribution in [0, 0.1) is 6.92 Å². The molecule has 0 saturated heterocycles. The van der Waals surface area contributed by atoms with Gasteiger partial charge in [0.05, 0.1) is 11.5 Å². The molecule has 0 fully saturated rings. The molecule has 0 aliphatic carbocycles. The van der Waals surface area contributed by atoms with E-state index >= 15 is 0 Å². The summed E-state index contributed by atoms with van der Waals surface area (Å²) in [6.45, 7) is 3.81. The zero-order valence-corrected chi connectivity index (χ0v) is 16.5. The van der Waals surface area contributed by atoms with Crippen LogP contribution in [0.4, 0.5) is 5.69 Å². The Kier molecular flexibility index (Phi) is 5.74. The fourth-order valence-electron chi connectivity index (χ4n) is 2.50. The second-order valence-electron chi connectivity index (χ2n) is 6.02. The first kappa shape index (κ1) is 20.2. The molecule has 3 aromatic rings. The summed E-state index contributed by atoms with van der Waals surface area (Å²) in [5, 5.41) is 16.0. The molecule has 3 N–H and O–H groups in total. The molecule has 9 nitrogen and oxygen atoms in total. The van der Waals surface area contributed by atoms with E-state index in [1.54, 1.807) is 25.1 Å². The van der Waals surface area contributed by atoms with Crippen molar-refractivity contribution in [1.82, 2.24) is 10.2 Å². The molecule has 10 heteroatoms. The summed E-state index contributed by atoms with van der Waals surface area (Å²) in [5.41, 5.74) is 0.912. The second-order valence-corrected chi connectivity index (χ2v) is 7.70. The summed E-state index contributed by atoms with van der Waals surface area (Å²) >= 11 is 0. The number of carboxylic acids is 1. The van der Waals surface area contributed by atoms with Gasteiger partial charge in [-0.25, -0.2) is 13.2 Å². The third kappa shape index (κ3) is 4.85. The van der Waals surface area contributed by atoms with Crippen molar-refractivity contribution in [3.05, 3.63) is 59.8 Å². The first-order valence-corrected chi connectivity index (χ1v) is 10.1. The van der Waals surface area contributed by atoms with Crippen LogP contribution in [0.25, 0.3) is 0 Å². The van der Waals surface area contributed by atoms with Crippen LogP contribution in [-0.4, -0.2) is 36.3 Å². The monoisotopic (exact) mass is 417 g/mol. The summed E-state index contributed by atoms with van der Waals surface area (Å²) in [5.74, 6) is -0.297. The third-order valence-electron chi connectivity index (χ3n) is 3.80. The molecule has 0 atom stereocenters. The van der Waals surface area contributed by atoms with Gasteiger partial charge in [0.15, 0.2) is 0 Å². The van der Waals surface area contributed by atoms with E-state index in [1.165, 1.54) is 24.3 Å². The summed E-state index contributed by atoms with van der Waals surface area (Å²) in [4.78, 5) is 11.2. The summed E-state index contributed by atoms with van der Waals surface area (Å²) in [7, 11) is -4.00. The molecule has 29 heavy (non-hydrogen) atoms. The number of nitrogens with one attached hydrogen (secondary N) is 2. The average Bonchev–Trinajstić information content (AvgIpc) is 3.08. The highest BCUT2D eigenvalue weighted by atomic mass is 32.2. The van der Waals surface area contributed by atoms with Gasteiger partial charge in [-0.05, 0) is 56.3 Å². The van der Waals surface area contributed by atoms with E-state index in [4.69, 9.17) is 9.47 Å². The van der Waals surface area contributed by atoms with Gasteiger partial charge in [0.25, 0.3) is 10.0 Å². The van der Waals surface area contributed by atoms with Crippen LogP contribution in [0.3, 0.4) is 0 Å². The Balaban J connectivity index is 1.78. The number of hydrogen-bond donors (Lipinski definition) is 3. The van der Waals surface area contributed by atoms with Gasteiger partial charge in [-0.1, -0.05) is 0 Å². The Morgan fingerprint density at radius 3 is 2.48 bits per heavy atom. The fraction of sp³-hybridized carbons (Fsp3) is 0.158. The quantitative estimate of drug-likeness (QED) is 0.512. The Hall–Kier alpha value is -3.53. The highest BCUT2D eigenvalue weighted by molar-refractivity contribution is 7.92. The van der Waals surface area contributed by atoms with Crippen LogP contribution in [0.1, 0.15) is 23.0 Å². The topological polar surface area (TPSA) is 131 Å². The lowest BCUT2D eigenvalue weighted by molar-refractivity contribution is 0.0692. The number of ether oxygens (including phenoxy) is 2. The number of hydrogen-bond acceptors (Lipinski definition) is 6. The Morgan fingerprint density at radius 1 is 1.17 bits per heavy atom. The molecule has 0 aliphatic heterocycles. The minimum Gasteiger partial charge on any atom is -0.493 e. The van der Waals surface area contributed by atoms with Gasteiger partial charge < -0.3 is 14.6 Å². The minimum absolute atomic E-state index is 0.106. The third-order valence-corrected chi connectivity index (χ3v) is 5.18. The fourth-order valence-corrected chi connectivity index (χ4v) is 3.58. The second kappa shape index (κ2) is 8.23. The number of benzene rings is 2.